The van der Waals surface area contributed by atoms with Crippen molar-refractivity contribution < 1.29 is 18.8 Å². The van der Waals surface area contributed by atoms with Crippen LogP contribution in [0.2, 0.25) is 0 Å². The molecule has 1 aliphatic rings. The molecule has 2 aromatic rings. The maximum absolute atomic E-state index is 13.6. The molecule has 1 amide bonds. The van der Waals surface area contributed by atoms with Gasteiger partial charge in [-0.2, -0.15) is 0 Å². The normalized spacial score (nSPS) is 14.6. The van der Waals surface area contributed by atoms with E-state index in [0.717, 1.165) is 32.2 Å². The van der Waals surface area contributed by atoms with Crippen LogP contribution in [0.1, 0.15) is 10.4 Å². The molecule has 1 fully saturated rings. The molecule has 1 heterocycles. The lowest BCUT2D eigenvalue weighted by atomic mass is 10.1. The van der Waals surface area contributed by atoms with E-state index in [4.69, 9.17) is 4.74 Å². The second-order valence-electron chi connectivity index (χ2n) is 6.55. The number of rotatable bonds is 5. The maximum atomic E-state index is 13.6. The van der Waals surface area contributed by atoms with E-state index in [1.54, 1.807) is 6.07 Å². The van der Waals surface area contributed by atoms with Crippen LogP contribution in [0.15, 0.2) is 36.4 Å². The SMILES string of the molecule is COc1cc(C(=O)Nc2cc([N+](=O)[O-])ccc2N2CCN(C)CC2)ccc1F. The van der Waals surface area contributed by atoms with Gasteiger partial charge in [0.15, 0.2) is 11.6 Å². The number of carbonyl (C=O) groups excluding carboxylic acids is 1. The van der Waals surface area contributed by atoms with Gasteiger partial charge in [-0.3, -0.25) is 14.9 Å². The van der Waals surface area contributed by atoms with Gasteiger partial charge < -0.3 is 19.9 Å². The number of nitrogens with one attached hydrogen (secondary N) is 1. The molecule has 0 unspecified atom stereocenters. The van der Waals surface area contributed by atoms with E-state index < -0.39 is 16.6 Å². The summed E-state index contributed by atoms with van der Waals surface area (Å²) in [7, 11) is 3.34. The number of methoxy groups -OCH3 is 1. The van der Waals surface area contributed by atoms with Crippen molar-refractivity contribution in [3.8, 4) is 5.75 Å². The number of hydrogen-bond donors (Lipinski definition) is 1. The predicted octanol–water partition coefficient (Wildman–Crippen LogP) is 2.75. The average Bonchev–Trinajstić information content (AvgIpc) is 2.69. The summed E-state index contributed by atoms with van der Waals surface area (Å²) >= 11 is 0. The maximum Gasteiger partial charge on any atom is 0.271 e. The Kier molecular flexibility index (Phi) is 5.74. The molecule has 1 saturated heterocycles. The summed E-state index contributed by atoms with van der Waals surface area (Å²) in [6, 6.07) is 8.17. The topological polar surface area (TPSA) is 87.9 Å². The molecule has 3 rings (SSSR count). The van der Waals surface area contributed by atoms with Gasteiger partial charge in [0.1, 0.15) is 0 Å². The first-order chi connectivity index (χ1) is 13.4. The first-order valence-corrected chi connectivity index (χ1v) is 8.76. The molecule has 1 N–H and O–H groups in total. The minimum absolute atomic E-state index is 0.0500. The predicted molar refractivity (Wildman–Crippen MR) is 104 cm³/mol. The highest BCUT2D eigenvalue weighted by Gasteiger charge is 2.21. The lowest BCUT2D eigenvalue weighted by molar-refractivity contribution is -0.384. The molecular weight excluding hydrogens is 367 g/mol. The highest BCUT2D eigenvalue weighted by atomic mass is 19.1. The van der Waals surface area contributed by atoms with E-state index in [1.807, 2.05) is 7.05 Å². The first-order valence-electron chi connectivity index (χ1n) is 8.76. The second-order valence-corrected chi connectivity index (χ2v) is 6.55. The fourth-order valence-electron chi connectivity index (χ4n) is 3.06. The van der Waals surface area contributed by atoms with Crippen molar-refractivity contribution in [2.24, 2.45) is 0 Å². The monoisotopic (exact) mass is 388 g/mol. The fraction of sp³-hybridized carbons (Fsp3) is 0.316. The minimum Gasteiger partial charge on any atom is -0.494 e. The van der Waals surface area contributed by atoms with Gasteiger partial charge in [0, 0.05) is 43.9 Å². The largest absolute Gasteiger partial charge is 0.494 e. The Hall–Kier alpha value is -3.20. The van der Waals surface area contributed by atoms with Crippen molar-refractivity contribution >= 4 is 23.0 Å². The Balaban J connectivity index is 1.91. The number of amides is 1. The number of ether oxygens (including phenoxy) is 1. The molecule has 148 valence electrons. The molecule has 2 aromatic carbocycles. The van der Waals surface area contributed by atoms with E-state index in [-0.39, 0.29) is 17.0 Å². The number of anilines is 2. The Morgan fingerprint density at radius 3 is 2.54 bits per heavy atom. The molecule has 1 aliphatic heterocycles. The quantitative estimate of drug-likeness (QED) is 0.626. The number of nitrogens with zero attached hydrogens (tertiary/aromatic N) is 3. The number of non-ortho nitro benzene ring substituents is 1. The number of piperazine rings is 1. The van der Waals surface area contributed by atoms with Crippen molar-refractivity contribution in [2.45, 2.75) is 0 Å². The molecule has 0 aliphatic carbocycles. The Bertz CT molecular complexity index is 897. The fourth-order valence-corrected chi connectivity index (χ4v) is 3.06. The third-order valence-corrected chi connectivity index (χ3v) is 4.70. The number of carbonyl (C=O) groups is 1. The first kappa shape index (κ1) is 19.6. The number of likely N-dealkylation sites (N-methyl/N-ethyl adjacent to an activating group) is 1. The molecule has 0 radical (unpaired) electrons. The van der Waals surface area contributed by atoms with Gasteiger partial charge in [0.25, 0.3) is 11.6 Å². The number of nitro groups is 1. The van der Waals surface area contributed by atoms with Crippen molar-refractivity contribution in [3.63, 3.8) is 0 Å². The molecule has 0 saturated carbocycles. The van der Waals surface area contributed by atoms with Crippen molar-refractivity contribution in [3.05, 3.63) is 57.9 Å². The van der Waals surface area contributed by atoms with Crippen LogP contribution in [-0.4, -0.2) is 56.1 Å². The van der Waals surface area contributed by atoms with E-state index in [0.29, 0.717) is 11.4 Å². The summed E-state index contributed by atoms with van der Waals surface area (Å²) < 4.78 is 18.5. The molecule has 0 spiro atoms. The standard InChI is InChI=1S/C19H21FN4O4/c1-22-7-9-23(10-8-22)17-6-4-14(24(26)27)12-16(17)21-19(25)13-3-5-15(20)18(11-13)28-2/h3-6,11-12H,7-10H2,1-2H3,(H,21,25). The van der Waals surface area contributed by atoms with Gasteiger partial charge in [-0.15, -0.1) is 0 Å². The Labute approximate surface area is 161 Å². The zero-order chi connectivity index (χ0) is 20.3. The van der Waals surface area contributed by atoms with Crippen molar-refractivity contribution in [2.75, 3.05) is 50.6 Å². The zero-order valence-corrected chi connectivity index (χ0v) is 15.6. The summed E-state index contributed by atoms with van der Waals surface area (Å²) in [6.45, 7) is 3.17. The molecule has 0 bridgehead atoms. The lowest BCUT2D eigenvalue weighted by Gasteiger charge is -2.35. The van der Waals surface area contributed by atoms with E-state index in [1.165, 1.54) is 31.4 Å². The van der Waals surface area contributed by atoms with E-state index in [9.17, 15) is 19.3 Å². The highest BCUT2D eigenvalue weighted by molar-refractivity contribution is 6.06. The zero-order valence-electron chi connectivity index (χ0n) is 15.6. The summed E-state index contributed by atoms with van der Waals surface area (Å²) in [5.74, 6) is -1.13. The molecular formula is C19H21FN4O4. The van der Waals surface area contributed by atoms with Crippen LogP contribution in [0.4, 0.5) is 21.5 Å². The van der Waals surface area contributed by atoms with Crippen LogP contribution in [0.5, 0.6) is 5.75 Å². The van der Waals surface area contributed by atoms with Crippen LogP contribution in [0.3, 0.4) is 0 Å². The molecule has 8 nitrogen and oxygen atoms in total. The summed E-state index contributed by atoms with van der Waals surface area (Å²) in [6.07, 6.45) is 0. The number of benzene rings is 2. The number of nitro benzene ring substituents is 1. The number of hydrogen-bond acceptors (Lipinski definition) is 6. The van der Waals surface area contributed by atoms with Crippen molar-refractivity contribution in [1.82, 2.24) is 4.90 Å². The third kappa shape index (κ3) is 4.20. The Morgan fingerprint density at radius 2 is 1.89 bits per heavy atom. The minimum atomic E-state index is -0.576. The summed E-state index contributed by atoms with van der Waals surface area (Å²) in [5.41, 5.74) is 1.12. The van der Waals surface area contributed by atoms with Crippen LogP contribution in [0.25, 0.3) is 0 Å². The Morgan fingerprint density at radius 1 is 1.18 bits per heavy atom. The van der Waals surface area contributed by atoms with E-state index >= 15 is 0 Å². The van der Waals surface area contributed by atoms with Gasteiger partial charge in [-0.05, 0) is 31.3 Å². The van der Waals surface area contributed by atoms with Crippen LogP contribution in [0, 0.1) is 15.9 Å². The third-order valence-electron chi connectivity index (χ3n) is 4.70. The van der Waals surface area contributed by atoms with Gasteiger partial charge >= 0.3 is 0 Å². The lowest BCUT2D eigenvalue weighted by Crippen LogP contribution is -2.44. The van der Waals surface area contributed by atoms with Gasteiger partial charge in [0.05, 0.1) is 23.4 Å². The van der Waals surface area contributed by atoms with Crippen LogP contribution in [-0.2, 0) is 0 Å². The molecule has 0 atom stereocenters. The van der Waals surface area contributed by atoms with Crippen LogP contribution < -0.4 is 15.0 Å². The van der Waals surface area contributed by atoms with Gasteiger partial charge in [-0.25, -0.2) is 4.39 Å². The molecule has 0 aromatic heterocycles. The second kappa shape index (κ2) is 8.22. The highest BCUT2D eigenvalue weighted by Crippen LogP contribution is 2.31. The molecule has 9 heteroatoms. The summed E-state index contributed by atoms with van der Waals surface area (Å²) in [4.78, 5) is 27.6. The molecule has 28 heavy (non-hydrogen) atoms. The van der Waals surface area contributed by atoms with E-state index in [2.05, 4.69) is 15.1 Å². The average molecular weight is 388 g/mol. The summed E-state index contributed by atoms with van der Waals surface area (Å²) in [5, 5.41) is 13.9. The smallest absolute Gasteiger partial charge is 0.271 e. The van der Waals surface area contributed by atoms with Crippen molar-refractivity contribution in [1.29, 1.82) is 0 Å². The van der Waals surface area contributed by atoms with Gasteiger partial charge in [0.2, 0.25) is 0 Å². The van der Waals surface area contributed by atoms with Gasteiger partial charge in [-0.1, -0.05) is 0 Å². The number of halogens is 1. The van der Waals surface area contributed by atoms with Crippen LogP contribution >= 0.6 is 0 Å².